The molecule has 0 saturated heterocycles. The van der Waals surface area contributed by atoms with Gasteiger partial charge in [0.25, 0.3) is 0 Å². The Balaban J connectivity index is 1.75. The number of hydrogen-bond donors (Lipinski definition) is 1. The van der Waals surface area contributed by atoms with E-state index in [0.29, 0.717) is 24.1 Å². The van der Waals surface area contributed by atoms with E-state index >= 15 is 4.39 Å². The van der Waals surface area contributed by atoms with Crippen molar-refractivity contribution < 1.29 is 9.50 Å². The molecule has 0 aliphatic heterocycles. The number of aliphatic hydroxyl groups is 1. The predicted octanol–water partition coefficient (Wildman–Crippen LogP) is 5.93. The smallest absolute Gasteiger partial charge is 0.133 e. The summed E-state index contributed by atoms with van der Waals surface area (Å²) in [6.07, 6.45) is 1.27. The first kappa shape index (κ1) is 20.3. The molecule has 4 rings (SSSR count). The van der Waals surface area contributed by atoms with E-state index in [1.165, 1.54) is 0 Å². The van der Waals surface area contributed by atoms with Crippen LogP contribution < -0.4 is 0 Å². The average Bonchev–Trinajstić information content (AvgIpc) is 3.07. The molecule has 0 saturated carbocycles. The number of fused-ring (bicyclic) bond motifs is 1. The molecule has 0 radical (unpaired) electrons. The number of aromatic nitrogens is 2. The summed E-state index contributed by atoms with van der Waals surface area (Å²) < 4.78 is 17.9. The second-order valence-electron chi connectivity index (χ2n) is 7.00. The molecule has 0 amide bonds. The summed E-state index contributed by atoms with van der Waals surface area (Å²) >= 11 is 3.48. The van der Waals surface area contributed by atoms with Crippen LogP contribution in [0.5, 0.6) is 0 Å². The van der Waals surface area contributed by atoms with E-state index in [1.807, 2.05) is 55.6 Å². The molecule has 1 N–H and O–H groups in total. The molecule has 0 unspecified atom stereocenters. The fourth-order valence-electron chi connectivity index (χ4n) is 3.47. The number of halogens is 2. The van der Waals surface area contributed by atoms with Crippen LogP contribution in [0.3, 0.4) is 0 Å². The number of nitrogens with zero attached hydrogens (tertiary/aromatic N) is 2. The second-order valence-corrected chi connectivity index (χ2v) is 7.92. The van der Waals surface area contributed by atoms with Crippen LogP contribution in [0.25, 0.3) is 33.3 Å². The zero-order valence-corrected chi connectivity index (χ0v) is 18.1. The number of rotatable bonds is 4. The quantitative estimate of drug-likeness (QED) is 0.301. The highest BCUT2D eigenvalue weighted by Crippen LogP contribution is 2.33. The molecule has 150 valence electrons. The maximum Gasteiger partial charge on any atom is 0.133 e. The van der Waals surface area contributed by atoms with E-state index in [-0.39, 0.29) is 12.4 Å². The Bertz CT molecular complexity index is 1280. The van der Waals surface area contributed by atoms with E-state index < -0.39 is 0 Å². The normalized spacial score (nSPS) is 10.8. The number of aryl methyl sites for hydroxylation is 1. The van der Waals surface area contributed by atoms with Gasteiger partial charge in [-0.25, -0.2) is 4.39 Å². The van der Waals surface area contributed by atoms with Crippen LogP contribution >= 0.6 is 15.9 Å². The van der Waals surface area contributed by atoms with Gasteiger partial charge in [-0.1, -0.05) is 52.0 Å². The Morgan fingerprint density at radius 1 is 1.07 bits per heavy atom. The Hall–Kier alpha value is -2.94. The van der Waals surface area contributed by atoms with Gasteiger partial charge < -0.3 is 5.11 Å². The Kier molecular flexibility index (Phi) is 5.98. The summed E-state index contributed by atoms with van der Waals surface area (Å²) in [6.45, 7) is 0.127. The third kappa shape index (κ3) is 4.02. The standard InChI is InChI=1S/C25H20BrFN2O/c1-29-24-16-19(26)11-13-22(24)25(28-29)21-12-10-18(15-23(21)27)20-9-5-4-8-17(20)7-3-2-6-14-30/h4-5,8-13,15-16,30H,2,6,14H2,1H3. The van der Waals surface area contributed by atoms with Gasteiger partial charge in [-0.3, -0.25) is 4.68 Å². The highest BCUT2D eigenvalue weighted by atomic mass is 79.9. The molecule has 3 aromatic carbocycles. The van der Waals surface area contributed by atoms with E-state index in [2.05, 4.69) is 32.9 Å². The third-order valence-corrected chi connectivity index (χ3v) is 5.45. The largest absolute Gasteiger partial charge is 0.396 e. The van der Waals surface area contributed by atoms with Gasteiger partial charge in [-0.15, -0.1) is 0 Å². The minimum absolute atomic E-state index is 0.127. The van der Waals surface area contributed by atoms with Crippen molar-refractivity contribution in [2.75, 3.05) is 6.61 Å². The molecule has 0 bridgehead atoms. The van der Waals surface area contributed by atoms with Crippen molar-refractivity contribution in [1.82, 2.24) is 9.78 Å². The molecular weight excluding hydrogens is 443 g/mol. The number of benzene rings is 3. The van der Waals surface area contributed by atoms with Crippen LogP contribution in [-0.2, 0) is 7.05 Å². The first-order valence-electron chi connectivity index (χ1n) is 9.70. The summed E-state index contributed by atoms with van der Waals surface area (Å²) in [4.78, 5) is 0. The number of unbranched alkanes of at least 4 members (excludes halogenated alkanes) is 1. The fraction of sp³-hybridized carbons (Fsp3) is 0.160. The SMILES string of the molecule is Cn1nc(-c2ccc(-c3ccccc3C#CCCCO)cc2F)c2ccc(Br)cc21. The van der Waals surface area contributed by atoms with Gasteiger partial charge in [0, 0.05) is 41.1 Å². The molecule has 0 spiro atoms. The van der Waals surface area contributed by atoms with Gasteiger partial charge in [0.05, 0.1) is 5.52 Å². The maximum atomic E-state index is 15.2. The zero-order chi connectivity index (χ0) is 21.1. The molecule has 4 aromatic rings. The summed E-state index contributed by atoms with van der Waals surface area (Å²) in [7, 11) is 1.86. The van der Waals surface area contributed by atoms with Crippen LogP contribution in [0.2, 0.25) is 0 Å². The molecule has 30 heavy (non-hydrogen) atoms. The summed E-state index contributed by atoms with van der Waals surface area (Å²) in [6, 6.07) is 18.8. The molecule has 3 nitrogen and oxygen atoms in total. The van der Waals surface area contributed by atoms with Crippen molar-refractivity contribution in [3.8, 4) is 34.2 Å². The molecule has 0 fully saturated rings. The van der Waals surface area contributed by atoms with Gasteiger partial charge in [0.1, 0.15) is 11.5 Å². The lowest BCUT2D eigenvalue weighted by atomic mass is 9.97. The minimum Gasteiger partial charge on any atom is -0.396 e. The topological polar surface area (TPSA) is 38.0 Å². The molecule has 0 atom stereocenters. The minimum atomic E-state index is -0.321. The first-order valence-corrected chi connectivity index (χ1v) is 10.5. The molecule has 0 aliphatic rings. The van der Waals surface area contributed by atoms with Crippen molar-refractivity contribution in [2.45, 2.75) is 12.8 Å². The van der Waals surface area contributed by atoms with E-state index in [9.17, 15) is 0 Å². The zero-order valence-electron chi connectivity index (χ0n) is 16.5. The molecule has 5 heteroatoms. The number of hydrogen-bond acceptors (Lipinski definition) is 2. The third-order valence-electron chi connectivity index (χ3n) is 4.96. The summed E-state index contributed by atoms with van der Waals surface area (Å²) in [5.74, 6) is 5.89. The molecule has 0 aliphatic carbocycles. The highest BCUT2D eigenvalue weighted by Gasteiger charge is 2.16. The Labute approximate surface area is 183 Å². The molecule has 1 heterocycles. The van der Waals surface area contributed by atoms with Crippen molar-refractivity contribution >= 4 is 26.8 Å². The lowest BCUT2D eigenvalue weighted by Crippen LogP contribution is -1.92. The molecular formula is C25H20BrFN2O. The highest BCUT2D eigenvalue weighted by molar-refractivity contribution is 9.10. The van der Waals surface area contributed by atoms with E-state index in [4.69, 9.17) is 5.11 Å². The first-order chi connectivity index (χ1) is 14.6. The van der Waals surface area contributed by atoms with Crippen molar-refractivity contribution in [3.63, 3.8) is 0 Å². The van der Waals surface area contributed by atoms with E-state index in [1.54, 1.807) is 16.8 Å². The van der Waals surface area contributed by atoms with Crippen LogP contribution in [-0.4, -0.2) is 21.5 Å². The Morgan fingerprint density at radius 3 is 2.70 bits per heavy atom. The van der Waals surface area contributed by atoms with Gasteiger partial charge in [0.15, 0.2) is 0 Å². The average molecular weight is 463 g/mol. The summed E-state index contributed by atoms with van der Waals surface area (Å²) in [5.41, 5.74) is 4.53. The predicted molar refractivity (Wildman–Crippen MR) is 122 cm³/mol. The molecule has 1 aromatic heterocycles. The van der Waals surface area contributed by atoms with Gasteiger partial charge in [-0.05, 0) is 53.9 Å². The number of aliphatic hydroxyl groups excluding tert-OH is 1. The van der Waals surface area contributed by atoms with Crippen molar-refractivity contribution in [2.24, 2.45) is 7.05 Å². The van der Waals surface area contributed by atoms with Crippen LogP contribution in [0, 0.1) is 17.7 Å². The maximum absolute atomic E-state index is 15.2. The van der Waals surface area contributed by atoms with Crippen LogP contribution in [0.1, 0.15) is 18.4 Å². The lowest BCUT2D eigenvalue weighted by Gasteiger charge is -2.08. The van der Waals surface area contributed by atoms with Gasteiger partial charge in [-0.2, -0.15) is 5.10 Å². The lowest BCUT2D eigenvalue weighted by molar-refractivity contribution is 0.290. The fourth-order valence-corrected chi connectivity index (χ4v) is 3.82. The van der Waals surface area contributed by atoms with Crippen molar-refractivity contribution in [3.05, 3.63) is 76.5 Å². The van der Waals surface area contributed by atoms with Gasteiger partial charge in [0.2, 0.25) is 0 Å². The summed E-state index contributed by atoms with van der Waals surface area (Å²) in [5, 5.41) is 14.4. The Morgan fingerprint density at radius 2 is 1.90 bits per heavy atom. The monoisotopic (exact) mass is 462 g/mol. The second kappa shape index (κ2) is 8.83. The van der Waals surface area contributed by atoms with Crippen LogP contribution in [0.4, 0.5) is 4.39 Å². The van der Waals surface area contributed by atoms with Gasteiger partial charge >= 0.3 is 0 Å². The van der Waals surface area contributed by atoms with Crippen LogP contribution in [0.15, 0.2) is 65.1 Å². The van der Waals surface area contributed by atoms with E-state index in [0.717, 1.165) is 32.1 Å². The van der Waals surface area contributed by atoms with Crippen molar-refractivity contribution in [1.29, 1.82) is 0 Å².